The molecule has 3 aromatic rings. The molecule has 0 radical (unpaired) electrons. The maximum absolute atomic E-state index is 11.8. The maximum Gasteiger partial charge on any atom is 0.309 e. The molecule has 0 spiro atoms. The van der Waals surface area contributed by atoms with Crippen LogP contribution in [0.25, 0.3) is 10.8 Å². The van der Waals surface area contributed by atoms with Crippen LogP contribution in [0.4, 0.5) is 0 Å². The van der Waals surface area contributed by atoms with Gasteiger partial charge in [0.25, 0.3) is 0 Å². The highest BCUT2D eigenvalue weighted by Gasteiger charge is 2.11. The number of ether oxygens (including phenoxy) is 1. The molecule has 0 unspecified atom stereocenters. The number of fused-ring (bicyclic) bond motifs is 1. The molecule has 0 atom stereocenters. The van der Waals surface area contributed by atoms with Crippen molar-refractivity contribution in [2.24, 2.45) is 0 Å². The van der Waals surface area contributed by atoms with Gasteiger partial charge < -0.3 is 15.4 Å². The molecule has 5 heteroatoms. The monoisotopic (exact) mass is 362 g/mol. The van der Waals surface area contributed by atoms with E-state index in [0.29, 0.717) is 19.6 Å². The van der Waals surface area contributed by atoms with Crippen LogP contribution in [0.1, 0.15) is 5.56 Å². The fourth-order valence-electron chi connectivity index (χ4n) is 2.72. The van der Waals surface area contributed by atoms with E-state index in [0.717, 1.165) is 22.1 Å². The molecule has 5 nitrogen and oxygen atoms in total. The molecule has 0 fully saturated rings. The zero-order valence-electron chi connectivity index (χ0n) is 15.0. The van der Waals surface area contributed by atoms with Crippen LogP contribution in [0.2, 0.25) is 0 Å². The Balaban J connectivity index is 1.35. The Morgan fingerprint density at radius 1 is 0.741 bits per heavy atom. The number of benzene rings is 3. The van der Waals surface area contributed by atoms with Gasteiger partial charge >= 0.3 is 11.8 Å². The largest absolute Gasteiger partial charge is 0.492 e. The average Bonchev–Trinajstić information content (AvgIpc) is 2.71. The lowest BCUT2D eigenvalue weighted by atomic mass is 10.1. The van der Waals surface area contributed by atoms with Gasteiger partial charge in [-0.2, -0.15) is 0 Å². The van der Waals surface area contributed by atoms with Crippen molar-refractivity contribution in [2.75, 3.05) is 19.7 Å². The van der Waals surface area contributed by atoms with Gasteiger partial charge in [-0.05, 0) is 34.9 Å². The zero-order chi connectivity index (χ0) is 18.9. The van der Waals surface area contributed by atoms with Crippen LogP contribution >= 0.6 is 0 Å². The second kappa shape index (κ2) is 9.38. The van der Waals surface area contributed by atoms with Gasteiger partial charge in [0, 0.05) is 6.54 Å². The molecule has 0 saturated heterocycles. The Morgan fingerprint density at radius 3 is 2.19 bits per heavy atom. The van der Waals surface area contributed by atoms with Crippen molar-refractivity contribution in [1.82, 2.24) is 10.6 Å². The molecular formula is C22H22N2O3. The number of carbonyl (C=O) groups is 2. The van der Waals surface area contributed by atoms with Crippen LogP contribution in [-0.2, 0) is 16.0 Å². The Hall–Kier alpha value is -3.34. The van der Waals surface area contributed by atoms with Crippen molar-refractivity contribution >= 4 is 22.6 Å². The Labute approximate surface area is 158 Å². The first-order chi connectivity index (χ1) is 13.2. The summed E-state index contributed by atoms with van der Waals surface area (Å²) in [5, 5.41) is 7.42. The molecule has 0 bridgehead atoms. The highest BCUT2D eigenvalue weighted by atomic mass is 16.5. The fourth-order valence-corrected chi connectivity index (χ4v) is 2.72. The van der Waals surface area contributed by atoms with E-state index in [-0.39, 0.29) is 6.54 Å². The van der Waals surface area contributed by atoms with Gasteiger partial charge in [-0.25, -0.2) is 0 Å². The third-order valence-electron chi connectivity index (χ3n) is 4.13. The van der Waals surface area contributed by atoms with E-state index >= 15 is 0 Å². The molecule has 3 rings (SSSR count). The van der Waals surface area contributed by atoms with Crippen molar-refractivity contribution in [1.29, 1.82) is 0 Å². The maximum atomic E-state index is 11.8. The van der Waals surface area contributed by atoms with E-state index in [1.807, 2.05) is 72.8 Å². The van der Waals surface area contributed by atoms with Gasteiger partial charge in [0.05, 0.1) is 6.54 Å². The van der Waals surface area contributed by atoms with Crippen molar-refractivity contribution in [3.05, 3.63) is 78.4 Å². The molecule has 0 aliphatic carbocycles. The number of hydrogen-bond acceptors (Lipinski definition) is 3. The van der Waals surface area contributed by atoms with E-state index in [2.05, 4.69) is 10.6 Å². The smallest absolute Gasteiger partial charge is 0.309 e. The number of amides is 2. The summed E-state index contributed by atoms with van der Waals surface area (Å²) in [7, 11) is 0. The van der Waals surface area contributed by atoms with E-state index in [9.17, 15) is 9.59 Å². The van der Waals surface area contributed by atoms with Crippen LogP contribution in [0.15, 0.2) is 72.8 Å². The molecule has 0 heterocycles. The first-order valence-corrected chi connectivity index (χ1v) is 8.94. The van der Waals surface area contributed by atoms with Crippen molar-refractivity contribution in [3.63, 3.8) is 0 Å². The third-order valence-corrected chi connectivity index (χ3v) is 4.13. The highest BCUT2D eigenvalue weighted by Crippen LogP contribution is 2.20. The predicted octanol–water partition coefficient (Wildman–Crippen LogP) is 2.69. The minimum Gasteiger partial charge on any atom is -0.492 e. The van der Waals surface area contributed by atoms with E-state index in [1.54, 1.807) is 0 Å². The number of rotatable bonds is 7. The van der Waals surface area contributed by atoms with Gasteiger partial charge in [-0.3, -0.25) is 9.59 Å². The lowest BCUT2D eigenvalue weighted by molar-refractivity contribution is -0.139. The zero-order valence-corrected chi connectivity index (χ0v) is 15.0. The van der Waals surface area contributed by atoms with E-state index in [1.165, 1.54) is 0 Å². The van der Waals surface area contributed by atoms with E-state index < -0.39 is 11.8 Å². The lowest BCUT2D eigenvalue weighted by Gasteiger charge is -2.09. The summed E-state index contributed by atoms with van der Waals surface area (Å²) in [6, 6.07) is 23.6. The van der Waals surface area contributed by atoms with Crippen LogP contribution in [-0.4, -0.2) is 31.5 Å². The topological polar surface area (TPSA) is 67.4 Å². The van der Waals surface area contributed by atoms with Crippen molar-refractivity contribution < 1.29 is 14.3 Å². The van der Waals surface area contributed by atoms with Gasteiger partial charge in [0.2, 0.25) is 0 Å². The Morgan fingerprint density at radius 2 is 1.41 bits per heavy atom. The average molecular weight is 362 g/mol. The number of hydrogen-bond donors (Lipinski definition) is 2. The SMILES string of the molecule is O=C(NCCOc1ccc2ccccc2c1)C(=O)NCCc1ccccc1. The van der Waals surface area contributed by atoms with Gasteiger partial charge in [0.15, 0.2) is 0 Å². The normalized spacial score (nSPS) is 10.4. The van der Waals surface area contributed by atoms with Gasteiger partial charge in [0.1, 0.15) is 12.4 Å². The number of carbonyl (C=O) groups excluding carboxylic acids is 2. The van der Waals surface area contributed by atoms with Gasteiger partial charge in [-0.15, -0.1) is 0 Å². The quantitative estimate of drug-likeness (QED) is 0.502. The summed E-state index contributed by atoms with van der Waals surface area (Å²) >= 11 is 0. The molecule has 2 amide bonds. The Bertz CT molecular complexity index is 910. The predicted molar refractivity (Wildman–Crippen MR) is 106 cm³/mol. The van der Waals surface area contributed by atoms with Gasteiger partial charge in [-0.1, -0.05) is 60.7 Å². The standard InChI is InChI=1S/C22H22N2O3/c25-21(23-13-12-17-6-2-1-3-7-17)22(26)24-14-15-27-20-11-10-18-8-4-5-9-19(18)16-20/h1-11,16H,12-15H2,(H,23,25)(H,24,26). The lowest BCUT2D eigenvalue weighted by Crippen LogP contribution is -2.42. The summed E-state index contributed by atoms with van der Waals surface area (Å²) < 4.78 is 5.64. The molecule has 138 valence electrons. The van der Waals surface area contributed by atoms with Crippen LogP contribution in [0.5, 0.6) is 5.75 Å². The summed E-state index contributed by atoms with van der Waals surface area (Å²) in [5.74, 6) is -0.544. The minimum atomic E-state index is -0.648. The third kappa shape index (κ3) is 5.57. The molecule has 27 heavy (non-hydrogen) atoms. The van der Waals surface area contributed by atoms with E-state index in [4.69, 9.17) is 4.74 Å². The second-order valence-corrected chi connectivity index (χ2v) is 6.10. The van der Waals surface area contributed by atoms with Crippen molar-refractivity contribution in [3.8, 4) is 5.75 Å². The van der Waals surface area contributed by atoms with Crippen molar-refractivity contribution in [2.45, 2.75) is 6.42 Å². The minimum absolute atomic E-state index is 0.262. The second-order valence-electron chi connectivity index (χ2n) is 6.10. The number of nitrogens with one attached hydrogen (secondary N) is 2. The molecule has 0 aliphatic rings. The summed E-state index contributed by atoms with van der Waals surface area (Å²) in [4.78, 5) is 23.6. The molecule has 0 saturated carbocycles. The molecular weight excluding hydrogens is 340 g/mol. The fraction of sp³-hybridized carbons (Fsp3) is 0.182. The molecule has 0 aromatic heterocycles. The van der Waals surface area contributed by atoms with Crippen LogP contribution < -0.4 is 15.4 Å². The summed E-state index contributed by atoms with van der Waals surface area (Å²) in [6.45, 7) is 0.975. The highest BCUT2D eigenvalue weighted by molar-refractivity contribution is 6.35. The molecule has 0 aliphatic heterocycles. The molecule has 2 N–H and O–H groups in total. The molecule has 3 aromatic carbocycles. The first-order valence-electron chi connectivity index (χ1n) is 8.94. The summed E-state index contributed by atoms with van der Waals surface area (Å²) in [6.07, 6.45) is 0.685. The van der Waals surface area contributed by atoms with Crippen LogP contribution in [0, 0.1) is 0 Å². The summed E-state index contributed by atoms with van der Waals surface area (Å²) in [5.41, 5.74) is 1.11. The first kappa shape index (κ1) is 18.5. The Kier molecular flexibility index (Phi) is 6.41. The van der Waals surface area contributed by atoms with Crippen LogP contribution in [0.3, 0.4) is 0 Å².